The number of Topliss-reactive ketones (excluding diaryl/α,β-unsaturated/α-hetero) is 1. The Balaban J connectivity index is 1.74. The van der Waals surface area contributed by atoms with E-state index >= 15 is 0 Å². The van der Waals surface area contributed by atoms with Crippen LogP contribution < -0.4 is 0 Å². The third-order valence-electron chi connectivity index (χ3n) is 8.97. The molecule has 4 rings (SSSR count). The Labute approximate surface area is 197 Å². The minimum Gasteiger partial charge on any atom is -0.381 e. The Morgan fingerprint density at radius 1 is 1.31 bits per heavy atom. The molecule has 0 bridgehead atoms. The van der Waals surface area contributed by atoms with Crippen molar-refractivity contribution in [3.63, 3.8) is 0 Å². The molecule has 8 atom stereocenters. The summed E-state index contributed by atoms with van der Waals surface area (Å²) in [6.07, 6.45) is 7.14. The number of ketones is 2. The maximum absolute atomic E-state index is 13.1. The number of hydrogen-bond acceptors (Lipinski definition) is 5. The number of phosphoric ester groups is 1. The van der Waals surface area contributed by atoms with Gasteiger partial charge in [0.05, 0.1) is 10.3 Å². The number of alkyl halides is 2. The molecule has 32 heavy (non-hydrogen) atoms. The third kappa shape index (κ3) is 3.12. The van der Waals surface area contributed by atoms with Gasteiger partial charge in [0.15, 0.2) is 11.6 Å². The highest BCUT2D eigenvalue weighted by Crippen LogP contribution is 2.72. The average Bonchev–Trinajstić information content (AvgIpc) is 2.89. The summed E-state index contributed by atoms with van der Waals surface area (Å²) in [5.74, 6) is -1.56. The second kappa shape index (κ2) is 7.48. The number of hydrogen-bond donors (Lipinski definition) is 3. The number of carbonyl (C=O) groups excluding carboxylic acids is 2. The van der Waals surface area contributed by atoms with Crippen molar-refractivity contribution in [2.24, 2.45) is 28.6 Å². The van der Waals surface area contributed by atoms with E-state index in [0.29, 0.717) is 19.3 Å². The van der Waals surface area contributed by atoms with Crippen LogP contribution in [0.25, 0.3) is 0 Å². The van der Waals surface area contributed by atoms with Crippen LogP contribution in [0.2, 0.25) is 0 Å². The molecule has 7 nitrogen and oxygen atoms in total. The maximum Gasteiger partial charge on any atom is 0.470 e. The number of fused-ring (bicyclic) bond motifs is 5. The standard InChI is InChI=1S/C22H29Cl2O7P/c1-12-8-16-15-5-4-13-9-14(25)6-7-19(13,2)21(15,24)17(23)10-20(16,3)22(12,27)18(26)11-31-32(28,29)30/h6-7,9,12,15-17,27H,4-5,8,10-11H2,1-3H3,(H2,28,29,30)/t12-,15?,16?,17?,19?,20?,21+,22+/m1/s1. The molecule has 0 aromatic carbocycles. The normalized spacial score (nSPS) is 48.0. The van der Waals surface area contributed by atoms with Crippen molar-refractivity contribution in [3.8, 4) is 0 Å². The van der Waals surface area contributed by atoms with E-state index in [9.17, 15) is 19.3 Å². The van der Waals surface area contributed by atoms with Crippen LogP contribution in [0.1, 0.15) is 46.5 Å². The molecule has 3 N–H and O–H groups in total. The fourth-order valence-corrected chi connectivity index (χ4v) is 8.85. The van der Waals surface area contributed by atoms with E-state index in [1.807, 2.05) is 19.9 Å². The largest absolute Gasteiger partial charge is 0.470 e. The first-order chi connectivity index (χ1) is 14.6. The highest BCUT2D eigenvalue weighted by molar-refractivity contribution is 7.46. The van der Waals surface area contributed by atoms with E-state index in [1.54, 1.807) is 13.0 Å². The van der Waals surface area contributed by atoms with Crippen LogP contribution in [-0.4, -0.2) is 48.9 Å². The number of rotatable bonds is 4. The van der Waals surface area contributed by atoms with Crippen molar-refractivity contribution in [1.82, 2.24) is 0 Å². The lowest BCUT2D eigenvalue weighted by Crippen LogP contribution is -2.67. The summed E-state index contributed by atoms with van der Waals surface area (Å²) < 4.78 is 15.6. The van der Waals surface area contributed by atoms with Gasteiger partial charge in [0.25, 0.3) is 0 Å². The summed E-state index contributed by atoms with van der Waals surface area (Å²) >= 11 is 14.4. The smallest absolute Gasteiger partial charge is 0.381 e. The van der Waals surface area contributed by atoms with Gasteiger partial charge in [-0.15, -0.1) is 23.2 Å². The van der Waals surface area contributed by atoms with Crippen molar-refractivity contribution in [2.45, 2.75) is 62.3 Å². The van der Waals surface area contributed by atoms with E-state index in [1.165, 1.54) is 6.08 Å². The first kappa shape index (κ1) is 24.6. The minimum atomic E-state index is -4.87. The van der Waals surface area contributed by atoms with Gasteiger partial charge < -0.3 is 14.9 Å². The van der Waals surface area contributed by atoms with Crippen molar-refractivity contribution in [1.29, 1.82) is 0 Å². The van der Waals surface area contributed by atoms with E-state index in [-0.39, 0.29) is 24.0 Å². The molecule has 10 heteroatoms. The van der Waals surface area contributed by atoms with Crippen molar-refractivity contribution < 1.29 is 33.6 Å². The van der Waals surface area contributed by atoms with Crippen LogP contribution in [0, 0.1) is 28.6 Å². The van der Waals surface area contributed by atoms with Gasteiger partial charge in [0.1, 0.15) is 12.2 Å². The fourth-order valence-electron chi connectivity index (χ4n) is 7.33. The molecule has 3 fully saturated rings. The highest BCUT2D eigenvalue weighted by Gasteiger charge is 2.74. The van der Waals surface area contributed by atoms with E-state index in [0.717, 1.165) is 5.57 Å². The highest BCUT2D eigenvalue weighted by atomic mass is 35.5. The van der Waals surface area contributed by atoms with E-state index in [2.05, 4.69) is 4.52 Å². The monoisotopic (exact) mass is 506 g/mol. The first-order valence-corrected chi connectivity index (χ1v) is 13.2. The molecular weight excluding hydrogens is 478 g/mol. The SMILES string of the molecule is C[C@@H]1CC2C3CCC4=CC(=O)C=CC4(C)[C@@]3(Cl)C(Cl)CC2(C)[C@@]1(O)C(=O)COP(=O)(O)O. The summed E-state index contributed by atoms with van der Waals surface area (Å²) in [7, 11) is -4.87. The molecule has 0 saturated heterocycles. The predicted octanol–water partition coefficient (Wildman–Crippen LogP) is 3.53. The molecule has 0 aromatic rings. The zero-order valence-corrected chi connectivity index (χ0v) is 20.7. The van der Waals surface area contributed by atoms with E-state index in [4.69, 9.17) is 33.0 Å². The molecule has 0 amide bonds. The molecule has 5 unspecified atom stereocenters. The van der Waals surface area contributed by atoms with Gasteiger partial charge in [-0.2, -0.15) is 0 Å². The number of phosphoric acid groups is 1. The summed E-state index contributed by atoms with van der Waals surface area (Å²) in [5.41, 5.74) is -2.47. The summed E-state index contributed by atoms with van der Waals surface area (Å²) in [5, 5.41) is 11.1. The summed E-state index contributed by atoms with van der Waals surface area (Å²) in [6.45, 7) is 4.72. The second-order valence-electron chi connectivity index (χ2n) is 10.3. The minimum absolute atomic E-state index is 0.0671. The molecule has 0 spiro atoms. The van der Waals surface area contributed by atoms with Gasteiger partial charge in [0.2, 0.25) is 0 Å². The van der Waals surface area contributed by atoms with Crippen molar-refractivity contribution >= 4 is 42.6 Å². The van der Waals surface area contributed by atoms with Crippen LogP contribution in [-0.2, 0) is 18.7 Å². The lowest BCUT2D eigenvalue weighted by molar-refractivity contribution is -0.167. The Morgan fingerprint density at radius 3 is 2.59 bits per heavy atom. The first-order valence-electron chi connectivity index (χ1n) is 10.8. The number of aliphatic hydroxyl groups is 1. The molecular formula is C22H29Cl2O7P. The molecule has 0 aromatic heterocycles. The molecule has 3 saturated carbocycles. The zero-order valence-electron chi connectivity index (χ0n) is 18.3. The number of carbonyl (C=O) groups is 2. The molecule has 4 aliphatic rings. The number of halogens is 2. The Kier molecular flexibility index (Phi) is 5.75. The van der Waals surface area contributed by atoms with Gasteiger partial charge in [-0.05, 0) is 55.6 Å². The Bertz CT molecular complexity index is 975. The molecule has 178 valence electrons. The zero-order chi connectivity index (χ0) is 23.9. The number of allylic oxidation sites excluding steroid dienone is 4. The molecule has 4 aliphatic carbocycles. The van der Waals surface area contributed by atoms with Gasteiger partial charge in [-0.1, -0.05) is 32.4 Å². The topological polar surface area (TPSA) is 121 Å². The summed E-state index contributed by atoms with van der Waals surface area (Å²) in [4.78, 5) is 42.2. The van der Waals surface area contributed by atoms with Crippen LogP contribution in [0.3, 0.4) is 0 Å². The summed E-state index contributed by atoms with van der Waals surface area (Å²) in [6, 6.07) is 0. The Hall–Kier alpha value is -0.530. The van der Waals surface area contributed by atoms with Gasteiger partial charge in [-0.25, -0.2) is 4.57 Å². The Morgan fingerprint density at radius 2 is 1.97 bits per heavy atom. The van der Waals surface area contributed by atoms with Gasteiger partial charge in [-0.3, -0.25) is 14.1 Å². The van der Waals surface area contributed by atoms with Crippen LogP contribution in [0.5, 0.6) is 0 Å². The van der Waals surface area contributed by atoms with E-state index < -0.39 is 52.8 Å². The lowest BCUT2D eigenvalue weighted by Gasteiger charge is -2.63. The molecule has 0 radical (unpaired) electrons. The van der Waals surface area contributed by atoms with Crippen molar-refractivity contribution in [3.05, 3.63) is 23.8 Å². The van der Waals surface area contributed by atoms with Gasteiger partial charge >= 0.3 is 7.82 Å². The fraction of sp³-hybridized carbons (Fsp3) is 0.727. The van der Waals surface area contributed by atoms with Crippen molar-refractivity contribution in [2.75, 3.05) is 6.61 Å². The predicted molar refractivity (Wildman–Crippen MR) is 119 cm³/mol. The van der Waals surface area contributed by atoms with Crippen LogP contribution in [0.4, 0.5) is 0 Å². The maximum atomic E-state index is 13.1. The van der Waals surface area contributed by atoms with Gasteiger partial charge in [0, 0.05) is 10.8 Å². The average molecular weight is 507 g/mol. The quantitative estimate of drug-likeness (QED) is 0.393. The lowest BCUT2D eigenvalue weighted by atomic mass is 9.46. The molecule has 0 heterocycles. The third-order valence-corrected chi connectivity index (χ3v) is 11.0. The second-order valence-corrected chi connectivity index (χ2v) is 12.7. The van der Waals surface area contributed by atoms with Crippen LogP contribution in [0.15, 0.2) is 23.8 Å². The molecule has 0 aliphatic heterocycles. The van der Waals surface area contributed by atoms with Crippen LogP contribution >= 0.6 is 31.0 Å².